The van der Waals surface area contributed by atoms with Gasteiger partial charge in [0.2, 0.25) is 0 Å². The molecule has 0 aliphatic carbocycles. The lowest BCUT2D eigenvalue weighted by Crippen LogP contribution is -1.93. The molecule has 22 heavy (non-hydrogen) atoms. The molecule has 0 N–H and O–H groups in total. The molecule has 3 nitrogen and oxygen atoms in total. The molecule has 5 rings (SSSR count). The summed E-state index contributed by atoms with van der Waals surface area (Å²) in [7, 11) is 0. The lowest BCUT2D eigenvalue weighted by atomic mass is 9.93. The monoisotopic (exact) mass is 289 g/mol. The first-order valence-corrected chi connectivity index (χ1v) is 7.59. The Bertz CT molecular complexity index is 1060. The Balaban J connectivity index is 2.12. The van der Waals surface area contributed by atoms with Gasteiger partial charge in [0.15, 0.2) is 12.0 Å². The van der Waals surface area contributed by atoms with E-state index in [0.29, 0.717) is 12.5 Å². The lowest BCUT2D eigenvalue weighted by molar-refractivity contribution is 0.340. The highest BCUT2D eigenvalue weighted by atomic mass is 16.5. The Hall–Kier alpha value is -2.55. The highest BCUT2D eigenvalue weighted by molar-refractivity contribution is 6.21. The quantitative estimate of drug-likeness (QED) is 0.430. The number of benzene rings is 3. The molecule has 108 valence electrons. The van der Waals surface area contributed by atoms with Gasteiger partial charge in [-0.2, -0.15) is 0 Å². The van der Waals surface area contributed by atoms with Crippen LogP contribution in [0.2, 0.25) is 0 Å². The summed E-state index contributed by atoms with van der Waals surface area (Å²) in [6.45, 7) is 5.01. The SMILES string of the molecule is Cc1cccc2c1ccc1c3c(c4ocnc4c12)[C@@H](C)CO3. The second kappa shape index (κ2) is 4.01. The number of fused-ring (bicyclic) bond motifs is 8. The highest BCUT2D eigenvalue weighted by Gasteiger charge is 2.29. The van der Waals surface area contributed by atoms with Gasteiger partial charge in [-0.25, -0.2) is 4.98 Å². The Kier molecular flexibility index (Phi) is 2.19. The Labute approximate surface area is 127 Å². The Morgan fingerprint density at radius 3 is 2.86 bits per heavy atom. The van der Waals surface area contributed by atoms with E-state index in [0.717, 1.165) is 33.2 Å². The van der Waals surface area contributed by atoms with E-state index in [1.807, 2.05) is 0 Å². The molecule has 1 aliphatic rings. The van der Waals surface area contributed by atoms with Crippen LogP contribution in [-0.4, -0.2) is 11.6 Å². The zero-order valence-electron chi connectivity index (χ0n) is 12.5. The molecule has 1 aliphatic heterocycles. The van der Waals surface area contributed by atoms with Gasteiger partial charge >= 0.3 is 0 Å². The van der Waals surface area contributed by atoms with Crippen molar-refractivity contribution in [3.63, 3.8) is 0 Å². The molecule has 0 radical (unpaired) electrons. The number of hydrogen-bond donors (Lipinski definition) is 0. The van der Waals surface area contributed by atoms with Crippen molar-refractivity contribution in [2.24, 2.45) is 0 Å². The van der Waals surface area contributed by atoms with E-state index in [2.05, 4.69) is 49.2 Å². The standard InChI is InChI=1S/C19H15NO2/c1-10-4-3-5-13-12(10)6-7-14-16(13)17-19(22-9-20-17)15-11(2)8-21-18(14)15/h3-7,9,11H,8H2,1-2H3/t11-/m0/s1. The average molecular weight is 289 g/mol. The summed E-state index contributed by atoms with van der Waals surface area (Å²) >= 11 is 0. The Morgan fingerprint density at radius 2 is 1.95 bits per heavy atom. The van der Waals surface area contributed by atoms with Crippen molar-refractivity contribution in [2.45, 2.75) is 19.8 Å². The maximum atomic E-state index is 5.99. The van der Waals surface area contributed by atoms with E-state index in [1.54, 1.807) is 6.39 Å². The van der Waals surface area contributed by atoms with Crippen LogP contribution in [0.1, 0.15) is 24.0 Å². The molecule has 0 bridgehead atoms. The van der Waals surface area contributed by atoms with Gasteiger partial charge in [-0.05, 0) is 29.3 Å². The summed E-state index contributed by atoms with van der Waals surface area (Å²) in [5.74, 6) is 1.30. The van der Waals surface area contributed by atoms with Crippen LogP contribution in [0.4, 0.5) is 0 Å². The van der Waals surface area contributed by atoms with Crippen LogP contribution in [0.15, 0.2) is 41.1 Å². The van der Waals surface area contributed by atoms with Gasteiger partial charge in [-0.3, -0.25) is 0 Å². The molecule has 1 aromatic heterocycles. The van der Waals surface area contributed by atoms with E-state index >= 15 is 0 Å². The fourth-order valence-corrected chi connectivity index (χ4v) is 3.72. The normalized spacial score (nSPS) is 17.3. The first-order chi connectivity index (χ1) is 10.8. The van der Waals surface area contributed by atoms with Crippen molar-refractivity contribution in [3.05, 3.63) is 47.9 Å². The molecular formula is C19H15NO2. The molecule has 0 unspecified atom stereocenters. The third kappa shape index (κ3) is 1.34. The third-order valence-corrected chi connectivity index (χ3v) is 4.79. The van der Waals surface area contributed by atoms with Crippen LogP contribution in [-0.2, 0) is 0 Å². The van der Waals surface area contributed by atoms with Crippen LogP contribution in [0.3, 0.4) is 0 Å². The molecule has 4 aromatic rings. The summed E-state index contributed by atoms with van der Waals surface area (Å²) in [6.07, 6.45) is 1.55. The molecule has 3 aromatic carbocycles. The van der Waals surface area contributed by atoms with Gasteiger partial charge in [0.1, 0.15) is 11.3 Å². The Morgan fingerprint density at radius 1 is 1.09 bits per heavy atom. The van der Waals surface area contributed by atoms with Crippen LogP contribution in [0.25, 0.3) is 32.6 Å². The topological polar surface area (TPSA) is 35.3 Å². The minimum atomic E-state index is 0.336. The number of hydrogen-bond acceptors (Lipinski definition) is 3. The molecular weight excluding hydrogens is 274 g/mol. The number of oxazole rings is 1. The highest BCUT2D eigenvalue weighted by Crippen LogP contribution is 2.47. The van der Waals surface area contributed by atoms with Crippen molar-refractivity contribution in [2.75, 3.05) is 6.61 Å². The number of nitrogens with zero attached hydrogens (tertiary/aromatic N) is 1. The number of rotatable bonds is 0. The minimum absolute atomic E-state index is 0.336. The first-order valence-electron chi connectivity index (χ1n) is 7.59. The molecule has 0 fully saturated rings. The van der Waals surface area contributed by atoms with E-state index in [1.165, 1.54) is 16.3 Å². The summed E-state index contributed by atoms with van der Waals surface area (Å²) in [6, 6.07) is 10.7. The lowest BCUT2D eigenvalue weighted by Gasteiger charge is -2.11. The van der Waals surface area contributed by atoms with Crippen LogP contribution >= 0.6 is 0 Å². The fraction of sp³-hybridized carbons (Fsp3) is 0.211. The molecule has 3 heteroatoms. The second-order valence-corrected chi connectivity index (χ2v) is 6.14. The molecule has 0 amide bonds. The van der Waals surface area contributed by atoms with Gasteiger partial charge in [-0.15, -0.1) is 0 Å². The number of aromatic nitrogens is 1. The van der Waals surface area contributed by atoms with Crippen molar-refractivity contribution in [3.8, 4) is 5.75 Å². The van der Waals surface area contributed by atoms with Crippen molar-refractivity contribution >= 4 is 32.6 Å². The predicted octanol–water partition coefficient (Wildman–Crippen LogP) is 4.94. The maximum Gasteiger partial charge on any atom is 0.182 e. The van der Waals surface area contributed by atoms with E-state index in [-0.39, 0.29) is 0 Å². The summed E-state index contributed by atoms with van der Waals surface area (Å²) in [5.41, 5.74) is 4.25. The molecule has 0 saturated carbocycles. The zero-order valence-corrected chi connectivity index (χ0v) is 12.5. The number of aryl methyl sites for hydroxylation is 1. The van der Waals surface area contributed by atoms with Gasteiger partial charge in [-0.1, -0.05) is 31.2 Å². The van der Waals surface area contributed by atoms with E-state index in [9.17, 15) is 0 Å². The van der Waals surface area contributed by atoms with Crippen LogP contribution in [0.5, 0.6) is 5.75 Å². The first kappa shape index (κ1) is 12.0. The van der Waals surface area contributed by atoms with Crippen molar-refractivity contribution in [1.29, 1.82) is 0 Å². The van der Waals surface area contributed by atoms with Crippen LogP contribution < -0.4 is 4.74 Å². The maximum absolute atomic E-state index is 5.99. The van der Waals surface area contributed by atoms with Gasteiger partial charge in [0.25, 0.3) is 0 Å². The van der Waals surface area contributed by atoms with Crippen molar-refractivity contribution in [1.82, 2.24) is 4.98 Å². The van der Waals surface area contributed by atoms with Gasteiger partial charge < -0.3 is 9.15 Å². The summed E-state index contributed by atoms with van der Waals surface area (Å²) in [5, 5.41) is 4.74. The second-order valence-electron chi connectivity index (χ2n) is 6.14. The third-order valence-electron chi connectivity index (χ3n) is 4.79. The summed E-state index contributed by atoms with van der Waals surface area (Å²) in [4.78, 5) is 4.52. The molecule has 1 atom stereocenters. The minimum Gasteiger partial charge on any atom is -0.492 e. The molecule has 2 heterocycles. The predicted molar refractivity (Wildman–Crippen MR) is 87.7 cm³/mol. The molecule has 0 saturated heterocycles. The van der Waals surface area contributed by atoms with Gasteiger partial charge in [0.05, 0.1) is 6.61 Å². The van der Waals surface area contributed by atoms with Crippen molar-refractivity contribution < 1.29 is 9.15 Å². The van der Waals surface area contributed by atoms with Gasteiger partial charge in [0, 0.05) is 22.3 Å². The average Bonchev–Trinajstić information content (AvgIpc) is 3.13. The van der Waals surface area contributed by atoms with E-state index < -0.39 is 0 Å². The zero-order chi connectivity index (χ0) is 14.8. The van der Waals surface area contributed by atoms with Crippen LogP contribution in [0, 0.1) is 6.92 Å². The summed E-state index contributed by atoms with van der Waals surface area (Å²) < 4.78 is 11.7. The largest absolute Gasteiger partial charge is 0.492 e. The fourth-order valence-electron chi connectivity index (χ4n) is 3.72. The molecule has 0 spiro atoms. The smallest absolute Gasteiger partial charge is 0.182 e. The number of ether oxygens (including phenoxy) is 1. The van der Waals surface area contributed by atoms with E-state index in [4.69, 9.17) is 9.15 Å².